The van der Waals surface area contributed by atoms with Crippen molar-refractivity contribution in [1.29, 1.82) is 0 Å². The Morgan fingerprint density at radius 2 is 2.29 bits per heavy atom. The number of benzene rings is 1. The van der Waals surface area contributed by atoms with E-state index in [4.69, 9.17) is 17.3 Å². The van der Waals surface area contributed by atoms with Crippen LogP contribution in [-0.2, 0) is 4.79 Å². The van der Waals surface area contributed by atoms with Crippen LogP contribution in [0.3, 0.4) is 0 Å². The van der Waals surface area contributed by atoms with Gasteiger partial charge in [-0.05, 0) is 37.5 Å². The Hall–Kier alpha value is -1.22. The molecule has 1 aliphatic rings. The Balaban J connectivity index is 2.22. The molecule has 3 nitrogen and oxygen atoms in total. The van der Waals surface area contributed by atoms with Crippen LogP contribution in [0.1, 0.15) is 18.4 Å². The van der Waals surface area contributed by atoms with E-state index in [-0.39, 0.29) is 11.8 Å². The van der Waals surface area contributed by atoms with Crippen LogP contribution in [-0.4, -0.2) is 19.0 Å². The molecule has 17 heavy (non-hydrogen) atoms. The fraction of sp³-hybridized carbons (Fsp3) is 0.462. The van der Waals surface area contributed by atoms with E-state index in [2.05, 4.69) is 4.90 Å². The molecular weight excluding hydrogens is 236 g/mol. The molecule has 1 heterocycles. The van der Waals surface area contributed by atoms with Gasteiger partial charge in [0.15, 0.2) is 0 Å². The van der Waals surface area contributed by atoms with Gasteiger partial charge in [0.2, 0.25) is 5.91 Å². The monoisotopic (exact) mass is 252 g/mol. The molecule has 1 aliphatic heterocycles. The average molecular weight is 253 g/mol. The van der Waals surface area contributed by atoms with Gasteiger partial charge in [-0.25, -0.2) is 0 Å². The van der Waals surface area contributed by atoms with Crippen molar-refractivity contribution in [2.24, 2.45) is 11.7 Å². The predicted molar refractivity (Wildman–Crippen MR) is 70.3 cm³/mol. The highest BCUT2D eigenvalue weighted by molar-refractivity contribution is 6.31. The molecule has 92 valence electrons. The van der Waals surface area contributed by atoms with Gasteiger partial charge < -0.3 is 10.6 Å². The molecule has 0 saturated carbocycles. The van der Waals surface area contributed by atoms with E-state index >= 15 is 0 Å². The summed E-state index contributed by atoms with van der Waals surface area (Å²) >= 11 is 6.11. The number of rotatable bonds is 2. The SMILES string of the molecule is Cc1c(Cl)cccc1N1CCCC(C(N)=O)C1. The Morgan fingerprint density at radius 1 is 1.53 bits per heavy atom. The molecule has 1 atom stereocenters. The minimum atomic E-state index is -0.200. The highest BCUT2D eigenvalue weighted by Crippen LogP contribution is 2.29. The molecule has 1 aromatic rings. The highest BCUT2D eigenvalue weighted by atomic mass is 35.5. The zero-order chi connectivity index (χ0) is 12.4. The van der Waals surface area contributed by atoms with Crippen molar-refractivity contribution in [1.82, 2.24) is 0 Å². The second-order valence-electron chi connectivity index (χ2n) is 4.57. The number of hydrogen-bond donors (Lipinski definition) is 1. The van der Waals surface area contributed by atoms with Crippen molar-refractivity contribution in [2.75, 3.05) is 18.0 Å². The Labute approximate surface area is 107 Å². The lowest BCUT2D eigenvalue weighted by atomic mass is 9.96. The minimum Gasteiger partial charge on any atom is -0.370 e. The van der Waals surface area contributed by atoms with Crippen LogP contribution >= 0.6 is 11.6 Å². The zero-order valence-corrected chi connectivity index (χ0v) is 10.7. The molecular formula is C13H17ClN2O. The molecule has 2 N–H and O–H groups in total. The maximum atomic E-state index is 11.3. The second kappa shape index (κ2) is 4.96. The van der Waals surface area contributed by atoms with Crippen molar-refractivity contribution in [2.45, 2.75) is 19.8 Å². The van der Waals surface area contributed by atoms with E-state index in [9.17, 15) is 4.79 Å². The van der Waals surface area contributed by atoms with Crippen LogP contribution in [0.4, 0.5) is 5.69 Å². The average Bonchev–Trinajstić information content (AvgIpc) is 2.33. The van der Waals surface area contributed by atoms with Gasteiger partial charge >= 0.3 is 0 Å². The van der Waals surface area contributed by atoms with Gasteiger partial charge in [0.1, 0.15) is 0 Å². The van der Waals surface area contributed by atoms with Gasteiger partial charge in [-0.15, -0.1) is 0 Å². The third-order valence-corrected chi connectivity index (χ3v) is 3.81. The van der Waals surface area contributed by atoms with Crippen LogP contribution in [0.15, 0.2) is 18.2 Å². The topological polar surface area (TPSA) is 46.3 Å². The molecule has 0 bridgehead atoms. The lowest BCUT2D eigenvalue weighted by Gasteiger charge is -2.34. The maximum Gasteiger partial charge on any atom is 0.222 e. The quantitative estimate of drug-likeness (QED) is 0.878. The van der Waals surface area contributed by atoms with Crippen molar-refractivity contribution < 1.29 is 4.79 Å². The van der Waals surface area contributed by atoms with E-state index < -0.39 is 0 Å². The number of amides is 1. The van der Waals surface area contributed by atoms with Crippen molar-refractivity contribution >= 4 is 23.2 Å². The molecule has 4 heteroatoms. The fourth-order valence-corrected chi connectivity index (χ4v) is 2.54. The molecule has 1 fully saturated rings. The molecule has 2 rings (SSSR count). The highest BCUT2D eigenvalue weighted by Gasteiger charge is 2.24. The summed E-state index contributed by atoms with van der Waals surface area (Å²) in [5, 5.41) is 0.767. The van der Waals surface area contributed by atoms with Gasteiger partial charge in [0.05, 0.1) is 5.92 Å². The summed E-state index contributed by atoms with van der Waals surface area (Å²) in [6.45, 7) is 3.67. The first-order valence-electron chi connectivity index (χ1n) is 5.89. The summed E-state index contributed by atoms with van der Waals surface area (Å²) in [6, 6.07) is 5.87. The number of anilines is 1. The molecule has 0 spiro atoms. The first-order chi connectivity index (χ1) is 8.09. The molecule has 0 aromatic heterocycles. The van der Waals surface area contributed by atoms with E-state index in [0.717, 1.165) is 35.7 Å². The first-order valence-corrected chi connectivity index (χ1v) is 6.26. The van der Waals surface area contributed by atoms with E-state index in [1.165, 1.54) is 0 Å². The summed E-state index contributed by atoms with van der Waals surface area (Å²) in [5.41, 5.74) is 7.57. The van der Waals surface area contributed by atoms with Gasteiger partial charge in [-0.2, -0.15) is 0 Å². The predicted octanol–water partition coefficient (Wildman–Crippen LogP) is 2.35. The maximum absolute atomic E-state index is 11.3. The van der Waals surface area contributed by atoms with Gasteiger partial charge in [0.25, 0.3) is 0 Å². The molecule has 0 aliphatic carbocycles. The molecule has 1 unspecified atom stereocenters. The lowest BCUT2D eigenvalue weighted by molar-refractivity contribution is -0.122. The number of carbonyl (C=O) groups excluding carboxylic acids is 1. The number of nitrogens with zero attached hydrogens (tertiary/aromatic N) is 1. The van der Waals surface area contributed by atoms with Crippen LogP contribution < -0.4 is 10.6 Å². The molecule has 1 saturated heterocycles. The lowest BCUT2D eigenvalue weighted by Crippen LogP contribution is -2.41. The smallest absolute Gasteiger partial charge is 0.222 e. The van der Waals surface area contributed by atoms with Gasteiger partial charge in [-0.3, -0.25) is 4.79 Å². The third kappa shape index (κ3) is 2.55. The molecule has 1 aromatic carbocycles. The van der Waals surface area contributed by atoms with Crippen LogP contribution in [0.25, 0.3) is 0 Å². The van der Waals surface area contributed by atoms with E-state index in [0.29, 0.717) is 6.54 Å². The summed E-state index contributed by atoms with van der Waals surface area (Å²) < 4.78 is 0. The molecule has 0 radical (unpaired) electrons. The largest absolute Gasteiger partial charge is 0.370 e. The number of halogens is 1. The standard InChI is InChI=1S/C13H17ClN2O/c1-9-11(14)5-2-6-12(9)16-7-3-4-10(8-16)13(15)17/h2,5-6,10H,3-4,7-8H2,1H3,(H2,15,17). The number of piperidine rings is 1. The summed E-state index contributed by atoms with van der Waals surface area (Å²) in [6.07, 6.45) is 1.89. The van der Waals surface area contributed by atoms with Crippen molar-refractivity contribution in [3.63, 3.8) is 0 Å². The zero-order valence-electron chi connectivity index (χ0n) is 9.95. The minimum absolute atomic E-state index is 0.0397. The van der Waals surface area contributed by atoms with Crippen molar-refractivity contribution in [3.8, 4) is 0 Å². The van der Waals surface area contributed by atoms with Crippen LogP contribution in [0.2, 0.25) is 5.02 Å². The number of primary amides is 1. The second-order valence-corrected chi connectivity index (χ2v) is 4.98. The van der Waals surface area contributed by atoms with Gasteiger partial charge in [0, 0.05) is 23.8 Å². The van der Waals surface area contributed by atoms with Crippen LogP contribution in [0, 0.1) is 12.8 Å². The fourth-order valence-electron chi connectivity index (χ4n) is 2.37. The first kappa shape index (κ1) is 12.2. The van der Waals surface area contributed by atoms with Crippen molar-refractivity contribution in [3.05, 3.63) is 28.8 Å². The molecule has 1 amide bonds. The van der Waals surface area contributed by atoms with Crippen LogP contribution in [0.5, 0.6) is 0 Å². The summed E-state index contributed by atoms with van der Waals surface area (Å²) in [4.78, 5) is 13.5. The Morgan fingerprint density at radius 3 is 3.00 bits per heavy atom. The van der Waals surface area contributed by atoms with E-state index in [1.807, 2.05) is 25.1 Å². The normalized spacial score (nSPS) is 20.4. The summed E-state index contributed by atoms with van der Waals surface area (Å²) in [5.74, 6) is -0.239. The summed E-state index contributed by atoms with van der Waals surface area (Å²) in [7, 11) is 0. The third-order valence-electron chi connectivity index (χ3n) is 3.40. The number of carbonyl (C=O) groups is 1. The number of nitrogens with two attached hydrogens (primary N) is 1. The Bertz CT molecular complexity index is 433. The van der Waals surface area contributed by atoms with Gasteiger partial charge in [-0.1, -0.05) is 17.7 Å². The number of hydrogen-bond acceptors (Lipinski definition) is 2. The van der Waals surface area contributed by atoms with E-state index in [1.54, 1.807) is 0 Å². The Kier molecular flexibility index (Phi) is 3.57.